The number of rotatable bonds is 2. The van der Waals surface area contributed by atoms with Crippen LogP contribution in [-0.4, -0.2) is 12.1 Å². The highest BCUT2D eigenvalue weighted by Crippen LogP contribution is 2.36. The molecule has 1 saturated heterocycles. The van der Waals surface area contributed by atoms with Crippen molar-refractivity contribution in [1.82, 2.24) is 0 Å². The molecule has 0 aliphatic carbocycles. The summed E-state index contributed by atoms with van der Waals surface area (Å²) in [5, 5.41) is 0. The third kappa shape index (κ3) is 2.39. The molecule has 0 spiro atoms. The van der Waals surface area contributed by atoms with Gasteiger partial charge in [-0.25, -0.2) is 0 Å². The van der Waals surface area contributed by atoms with E-state index in [4.69, 9.17) is 0 Å². The van der Waals surface area contributed by atoms with E-state index in [1.165, 1.54) is 22.5 Å². The van der Waals surface area contributed by atoms with Gasteiger partial charge in [-0.05, 0) is 51.0 Å². The molecule has 1 aliphatic heterocycles. The van der Waals surface area contributed by atoms with Crippen molar-refractivity contribution in [3.8, 4) is 0 Å². The second kappa shape index (κ2) is 5.44. The minimum absolute atomic E-state index is 0.394. The Balaban J connectivity index is 1.95. The van der Waals surface area contributed by atoms with Crippen molar-refractivity contribution in [3.63, 3.8) is 0 Å². The van der Waals surface area contributed by atoms with Gasteiger partial charge in [0.15, 0.2) is 0 Å². The highest BCUT2D eigenvalue weighted by atomic mass is 15.4. The number of anilines is 2. The molecule has 1 heterocycles. The lowest BCUT2D eigenvalue weighted by Gasteiger charge is -2.24. The second-order valence-electron chi connectivity index (χ2n) is 5.89. The number of hydrogen-bond acceptors (Lipinski definition) is 2. The lowest BCUT2D eigenvalue weighted by molar-refractivity contribution is 0.645. The van der Waals surface area contributed by atoms with Gasteiger partial charge in [0.2, 0.25) is 6.67 Å². The first-order chi connectivity index (χ1) is 10.1. The Hall–Kier alpha value is -1.96. The predicted molar refractivity (Wildman–Crippen MR) is 89.5 cm³/mol. The predicted octanol–water partition coefficient (Wildman–Crippen LogP) is 4.40. The lowest BCUT2D eigenvalue weighted by atomic mass is 10.1. The topological polar surface area (TPSA) is 6.48 Å². The molecule has 1 aliphatic rings. The van der Waals surface area contributed by atoms with E-state index in [-0.39, 0.29) is 0 Å². The fourth-order valence-electron chi connectivity index (χ4n) is 2.94. The van der Waals surface area contributed by atoms with Crippen LogP contribution in [0, 0.1) is 20.5 Å². The van der Waals surface area contributed by atoms with E-state index in [1.54, 1.807) is 0 Å². The minimum Gasteiger partial charge on any atom is -0.336 e. The maximum absolute atomic E-state index is 3.57. The van der Waals surface area contributed by atoms with Gasteiger partial charge in [-0.3, -0.25) is 0 Å². The van der Waals surface area contributed by atoms with Crippen LogP contribution in [-0.2, 0) is 0 Å². The number of nitrogens with zero attached hydrogens (tertiary/aromatic N) is 2. The summed E-state index contributed by atoms with van der Waals surface area (Å²) in [7, 11) is 0. The van der Waals surface area contributed by atoms with Crippen molar-refractivity contribution < 1.29 is 0 Å². The van der Waals surface area contributed by atoms with Crippen LogP contribution in [0.2, 0.25) is 0 Å². The van der Waals surface area contributed by atoms with Crippen molar-refractivity contribution in [2.75, 3.05) is 9.80 Å². The van der Waals surface area contributed by atoms with E-state index in [0.717, 1.165) is 0 Å². The zero-order valence-electron chi connectivity index (χ0n) is 13.2. The molecule has 2 aromatic rings. The monoisotopic (exact) mass is 278 g/mol. The second-order valence-corrected chi connectivity index (χ2v) is 5.89. The van der Waals surface area contributed by atoms with Crippen LogP contribution >= 0.6 is 0 Å². The molecule has 0 saturated carbocycles. The summed E-state index contributed by atoms with van der Waals surface area (Å²) in [6.07, 6.45) is 0. The van der Waals surface area contributed by atoms with E-state index in [2.05, 4.69) is 92.7 Å². The highest BCUT2D eigenvalue weighted by Gasteiger charge is 2.36. The molecule has 3 rings (SSSR count). The van der Waals surface area contributed by atoms with Crippen LogP contribution in [0.15, 0.2) is 48.5 Å². The molecule has 2 atom stereocenters. The largest absolute Gasteiger partial charge is 0.336 e. The van der Waals surface area contributed by atoms with Crippen LogP contribution in [0.1, 0.15) is 25.0 Å². The molecule has 0 aromatic heterocycles. The maximum atomic E-state index is 3.57. The Morgan fingerprint density at radius 1 is 0.714 bits per heavy atom. The average molecular weight is 278 g/mol. The summed E-state index contributed by atoms with van der Waals surface area (Å²) < 4.78 is 0. The molecule has 1 fully saturated rings. The smallest absolute Gasteiger partial charge is 0.209 e. The molecule has 2 aromatic carbocycles. The van der Waals surface area contributed by atoms with Crippen molar-refractivity contribution in [3.05, 3.63) is 66.3 Å². The zero-order chi connectivity index (χ0) is 15.0. The van der Waals surface area contributed by atoms with Gasteiger partial charge in [0.05, 0.1) is 0 Å². The maximum Gasteiger partial charge on any atom is 0.209 e. The van der Waals surface area contributed by atoms with Gasteiger partial charge < -0.3 is 9.80 Å². The molecule has 0 amide bonds. The third-order valence-electron chi connectivity index (χ3n) is 4.48. The Morgan fingerprint density at radius 2 is 1.10 bits per heavy atom. The summed E-state index contributed by atoms with van der Waals surface area (Å²) in [6.45, 7) is 12.4. The van der Waals surface area contributed by atoms with Crippen LogP contribution in [0.5, 0.6) is 0 Å². The molecule has 2 radical (unpaired) electrons. The van der Waals surface area contributed by atoms with Crippen LogP contribution in [0.3, 0.4) is 0 Å². The van der Waals surface area contributed by atoms with Crippen LogP contribution in [0.4, 0.5) is 11.4 Å². The quantitative estimate of drug-likeness (QED) is 0.803. The van der Waals surface area contributed by atoms with Crippen LogP contribution in [0.25, 0.3) is 0 Å². The molecule has 0 bridgehead atoms. The fourth-order valence-corrected chi connectivity index (χ4v) is 2.94. The SMILES string of the molecule is Cc1ccccc1N1[C]N(c2ccccc2C)[C@@H](C)[C@@H]1C. The number of para-hydroxylation sites is 2. The summed E-state index contributed by atoms with van der Waals surface area (Å²) in [4.78, 5) is 4.54. The van der Waals surface area contributed by atoms with Crippen molar-refractivity contribution in [2.24, 2.45) is 0 Å². The molecule has 2 nitrogen and oxygen atoms in total. The van der Waals surface area contributed by atoms with Crippen LogP contribution < -0.4 is 9.80 Å². The fraction of sp³-hybridized carbons (Fsp3) is 0.316. The van der Waals surface area contributed by atoms with E-state index in [0.29, 0.717) is 12.1 Å². The minimum atomic E-state index is 0.394. The first-order valence-corrected chi connectivity index (χ1v) is 7.55. The van der Waals surface area contributed by atoms with Gasteiger partial charge in [0.25, 0.3) is 0 Å². The Labute approximate surface area is 128 Å². The molecular weight excluding hydrogens is 256 g/mol. The van der Waals surface area contributed by atoms with E-state index < -0.39 is 0 Å². The van der Waals surface area contributed by atoms with Gasteiger partial charge in [-0.1, -0.05) is 36.4 Å². The van der Waals surface area contributed by atoms with Gasteiger partial charge in [0, 0.05) is 23.5 Å². The van der Waals surface area contributed by atoms with Crippen molar-refractivity contribution in [1.29, 1.82) is 0 Å². The lowest BCUT2D eigenvalue weighted by Crippen LogP contribution is -2.32. The Bertz CT molecular complexity index is 579. The molecular formula is C19H22N2. The van der Waals surface area contributed by atoms with E-state index in [9.17, 15) is 0 Å². The van der Waals surface area contributed by atoms with Gasteiger partial charge >= 0.3 is 0 Å². The number of aryl methyl sites for hydroxylation is 2. The van der Waals surface area contributed by atoms with Gasteiger partial charge in [0.1, 0.15) is 0 Å². The number of hydrogen-bond donors (Lipinski definition) is 0. The molecule has 21 heavy (non-hydrogen) atoms. The molecule has 0 unspecified atom stereocenters. The number of benzene rings is 2. The summed E-state index contributed by atoms with van der Waals surface area (Å²) in [5.41, 5.74) is 5.06. The first kappa shape index (κ1) is 14.0. The van der Waals surface area contributed by atoms with Crippen molar-refractivity contribution >= 4 is 11.4 Å². The first-order valence-electron chi connectivity index (χ1n) is 7.55. The zero-order valence-corrected chi connectivity index (χ0v) is 13.2. The van der Waals surface area contributed by atoms with E-state index in [1.807, 2.05) is 0 Å². The van der Waals surface area contributed by atoms with Crippen molar-refractivity contribution in [2.45, 2.75) is 39.8 Å². The molecule has 0 N–H and O–H groups in total. The summed E-state index contributed by atoms with van der Waals surface area (Å²) in [6, 6.07) is 17.8. The Kier molecular flexibility index (Phi) is 3.62. The third-order valence-corrected chi connectivity index (χ3v) is 4.48. The highest BCUT2D eigenvalue weighted by molar-refractivity contribution is 5.64. The summed E-state index contributed by atoms with van der Waals surface area (Å²) in [5.74, 6) is 0. The van der Waals surface area contributed by atoms with E-state index >= 15 is 0 Å². The van der Waals surface area contributed by atoms with Gasteiger partial charge in [-0.15, -0.1) is 0 Å². The normalized spacial score (nSPS) is 21.9. The molecule has 2 heteroatoms. The van der Waals surface area contributed by atoms with Gasteiger partial charge in [-0.2, -0.15) is 0 Å². The average Bonchev–Trinajstić information content (AvgIpc) is 2.77. The molecule has 108 valence electrons. The Morgan fingerprint density at radius 3 is 1.48 bits per heavy atom. The summed E-state index contributed by atoms with van der Waals surface area (Å²) >= 11 is 0. The standard InChI is InChI=1S/C19H22N2/c1-14-9-5-7-11-18(14)20-13-21(17(4)16(20)3)19-12-8-6-10-15(19)2/h5-12,16-17H,1-4H3/t16-,17-/m0/s1.